The zero-order chi connectivity index (χ0) is 18.4. The summed E-state index contributed by atoms with van der Waals surface area (Å²) in [5.41, 5.74) is 5.04. The van der Waals surface area contributed by atoms with Crippen molar-refractivity contribution in [2.24, 2.45) is 0 Å². The molecule has 5 rings (SSSR count). The number of fused-ring (bicyclic) bond motifs is 3. The number of hydrogen-bond donors (Lipinski definition) is 0. The average Bonchev–Trinajstić information content (AvgIpc) is 3.01. The number of nitrogens with zero attached hydrogens (tertiary/aromatic N) is 1. The molecule has 2 heteroatoms. The summed E-state index contributed by atoms with van der Waals surface area (Å²) in [6.45, 7) is 4.31. The lowest BCUT2D eigenvalue weighted by Crippen LogP contribution is -2.72. The Morgan fingerprint density at radius 1 is 0.593 bits per heavy atom. The SMILES string of the molecule is Cc1ccc([Si]2(c3ccc(C)cc3)c3ccccc3-c3ncccc32)cc1. The molecule has 0 N–H and O–H groups in total. The van der Waals surface area contributed by atoms with Crippen molar-refractivity contribution in [3.63, 3.8) is 0 Å². The van der Waals surface area contributed by atoms with E-state index < -0.39 is 8.07 Å². The van der Waals surface area contributed by atoms with Crippen molar-refractivity contribution >= 4 is 28.8 Å². The first kappa shape index (κ1) is 16.2. The normalized spacial score (nSPS) is 13.9. The average molecular weight is 364 g/mol. The molecule has 0 aliphatic carbocycles. The van der Waals surface area contributed by atoms with Crippen LogP contribution in [0.1, 0.15) is 11.1 Å². The van der Waals surface area contributed by atoms with Gasteiger partial charge in [-0.2, -0.15) is 0 Å². The van der Waals surface area contributed by atoms with E-state index in [-0.39, 0.29) is 0 Å². The van der Waals surface area contributed by atoms with E-state index in [0.29, 0.717) is 0 Å². The van der Waals surface area contributed by atoms with E-state index in [9.17, 15) is 0 Å². The monoisotopic (exact) mass is 363 g/mol. The highest BCUT2D eigenvalue weighted by atomic mass is 28.3. The minimum absolute atomic E-state index is 1.15. The quantitative estimate of drug-likeness (QED) is 0.439. The van der Waals surface area contributed by atoms with E-state index in [1.165, 1.54) is 37.4 Å². The fourth-order valence-corrected chi connectivity index (χ4v) is 9.53. The Morgan fingerprint density at radius 3 is 1.78 bits per heavy atom. The van der Waals surface area contributed by atoms with Gasteiger partial charge in [0.05, 0.1) is 5.69 Å². The smallest absolute Gasteiger partial charge is 0.182 e. The lowest BCUT2D eigenvalue weighted by molar-refractivity contribution is 1.35. The second-order valence-electron chi connectivity index (χ2n) is 7.43. The third kappa shape index (κ3) is 2.27. The molecule has 1 aromatic heterocycles. The Hall–Kier alpha value is -2.97. The molecule has 0 atom stereocenters. The summed E-state index contributed by atoms with van der Waals surface area (Å²) in [4.78, 5) is 4.82. The van der Waals surface area contributed by atoms with Gasteiger partial charge in [-0.15, -0.1) is 0 Å². The largest absolute Gasteiger partial charge is 0.256 e. The van der Waals surface area contributed by atoms with Crippen LogP contribution in [0.25, 0.3) is 11.3 Å². The molecule has 0 saturated heterocycles. The van der Waals surface area contributed by atoms with Crippen molar-refractivity contribution in [1.29, 1.82) is 0 Å². The number of hydrogen-bond acceptors (Lipinski definition) is 1. The number of aryl methyl sites for hydroxylation is 2. The van der Waals surface area contributed by atoms with Gasteiger partial charge in [0.25, 0.3) is 0 Å². The predicted molar refractivity (Wildman–Crippen MR) is 116 cm³/mol. The molecule has 0 saturated carbocycles. The van der Waals surface area contributed by atoms with Gasteiger partial charge in [0.1, 0.15) is 0 Å². The molecule has 130 valence electrons. The van der Waals surface area contributed by atoms with Gasteiger partial charge in [-0.05, 0) is 40.7 Å². The van der Waals surface area contributed by atoms with Crippen LogP contribution in [0.2, 0.25) is 0 Å². The summed E-state index contributed by atoms with van der Waals surface area (Å²) in [6, 6.07) is 31.6. The van der Waals surface area contributed by atoms with Gasteiger partial charge in [-0.25, -0.2) is 0 Å². The van der Waals surface area contributed by atoms with Crippen molar-refractivity contribution in [3.05, 3.63) is 102 Å². The van der Waals surface area contributed by atoms with Gasteiger partial charge >= 0.3 is 0 Å². The number of aromatic nitrogens is 1. The molecular weight excluding hydrogens is 342 g/mol. The second kappa shape index (κ2) is 6.03. The molecule has 0 bridgehead atoms. The van der Waals surface area contributed by atoms with Gasteiger partial charge < -0.3 is 0 Å². The maximum Gasteiger partial charge on any atom is 0.182 e. The third-order valence-electron chi connectivity index (χ3n) is 5.77. The van der Waals surface area contributed by atoms with Gasteiger partial charge in [0.15, 0.2) is 8.07 Å². The zero-order valence-electron chi connectivity index (χ0n) is 15.6. The number of rotatable bonds is 2. The van der Waals surface area contributed by atoms with Crippen LogP contribution in [-0.4, -0.2) is 13.1 Å². The molecule has 0 unspecified atom stereocenters. The van der Waals surface area contributed by atoms with Gasteiger partial charge in [-0.3, -0.25) is 4.98 Å². The van der Waals surface area contributed by atoms with Crippen LogP contribution < -0.4 is 20.7 Å². The molecule has 1 aliphatic heterocycles. The summed E-state index contributed by atoms with van der Waals surface area (Å²) < 4.78 is 0. The molecule has 1 nitrogen and oxygen atoms in total. The lowest BCUT2D eigenvalue weighted by Gasteiger charge is -2.31. The summed E-state index contributed by atoms with van der Waals surface area (Å²) in [5, 5.41) is 5.71. The first-order valence-electron chi connectivity index (χ1n) is 9.41. The summed E-state index contributed by atoms with van der Waals surface area (Å²) in [5.74, 6) is 0. The van der Waals surface area contributed by atoms with Crippen LogP contribution in [-0.2, 0) is 0 Å². The second-order valence-corrected chi connectivity index (χ2v) is 11.2. The fourth-order valence-electron chi connectivity index (χ4n) is 4.48. The Labute approximate surface area is 161 Å². The lowest BCUT2D eigenvalue weighted by atomic mass is 10.1. The van der Waals surface area contributed by atoms with Gasteiger partial charge in [0.2, 0.25) is 0 Å². The molecule has 0 amide bonds. The fraction of sp³-hybridized carbons (Fsp3) is 0.0800. The molecule has 0 spiro atoms. The minimum atomic E-state index is -2.33. The van der Waals surface area contributed by atoms with E-state index in [0.717, 1.165) is 5.69 Å². The van der Waals surface area contributed by atoms with Gasteiger partial charge in [-0.1, -0.05) is 90.0 Å². The molecule has 3 aromatic carbocycles. The molecule has 4 aromatic rings. The first-order chi connectivity index (χ1) is 13.2. The molecule has 27 heavy (non-hydrogen) atoms. The number of benzene rings is 3. The third-order valence-corrected chi connectivity index (χ3v) is 10.6. The Bertz CT molecular complexity index is 1030. The Balaban J connectivity index is 1.94. The highest BCUT2D eigenvalue weighted by Crippen LogP contribution is 2.26. The summed E-state index contributed by atoms with van der Waals surface area (Å²) in [6.07, 6.45) is 1.92. The summed E-state index contributed by atoms with van der Waals surface area (Å²) >= 11 is 0. The van der Waals surface area contributed by atoms with Crippen LogP contribution in [0.5, 0.6) is 0 Å². The standard InChI is InChI=1S/C25H21NSi/c1-18-9-13-20(14-10-18)27(21-15-11-19(2)12-16-21)23-7-4-3-6-22(23)25-24(27)8-5-17-26-25/h3-17H,1-2H3. The van der Waals surface area contributed by atoms with Crippen molar-refractivity contribution in [2.75, 3.05) is 0 Å². The van der Waals surface area contributed by atoms with Crippen molar-refractivity contribution in [2.45, 2.75) is 13.8 Å². The Kier molecular flexibility index (Phi) is 3.63. The van der Waals surface area contributed by atoms with Crippen LogP contribution >= 0.6 is 0 Å². The molecule has 1 aliphatic rings. The van der Waals surface area contributed by atoms with Crippen LogP contribution in [0.3, 0.4) is 0 Å². The molecule has 2 heterocycles. The molecule has 0 fully saturated rings. The highest BCUT2D eigenvalue weighted by molar-refractivity contribution is 7.22. The summed E-state index contributed by atoms with van der Waals surface area (Å²) in [7, 11) is -2.33. The molecular formula is C25H21NSi. The maximum absolute atomic E-state index is 4.82. The van der Waals surface area contributed by atoms with E-state index in [1.807, 2.05) is 6.20 Å². The van der Waals surface area contributed by atoms with Crippen LogP contribution in [0, 0.1) is 13.8 Å². The van der Waals surface area contributed by atoms with Crippen molar-refractivity contribution < 1.29 is 0 Å². The van der Waals surface area contributed by atoms with Gasteiger partial charge in [0, 0.05) is 11.8 Å². The Morgan fingerprint density at radius 2 is 1.15 bits per heavy atom. The van der Waals surface area contributed by atoms with Crippen LogP contribution in [0.4, 0.5) is 0 Å². The number of pyridine rings is 1. The van der Waals surface area contributed by atoms with E-state index in [2.05, 4.69) is 98.8 Å². The maximum atomic E-state index is 4.82. The molecule has 0 radical (unpaired) electrons. The first-order valence-corrected chi connectivity index (χ1v) is 11.4. The van der Waals surface area contributed by atoms with Crippen molar-refractivity contribution in [1.82, 2.24) is 4.98 Å². The highest BCUT2D eigenvalue weighted by Gasteiger charge is 2.49. The topological polar surface area (TPSA) is 12.9 Å². The minimum Gasteiger partial charge on any atom is -0.256 e. The predicted octanol–water partition coefficient (Wildman–Crippen LogP) is 3.06. The van der Waals surface area contributed by atoms with Crippen molar-refractivity contribution in [3.8, 4) is 11.3 Å². The van der Waals surface area contributed by atoms with E-state index >= 15 is 0 Å². The van der Waals surface area contributed by atoms with E-state index in [1.54, 1.807) is 0 Å². The van der Waals surface area contributed by atoms with Crippen LogP contribution in [0.15, 0.2) is 91.1 Å². The van der Waals surface area contributed by atoms with E-state index in [4.69, 9.17) is 4.98 Å². The zero-order valence-corrected chi connectivity index (χ0v) is 16.6.